The lowest BCUT2D eigenvalue weighted by molar-refractivity contribution is -0.00256. The summed E-state index contributed by atoms with van der Waals surface area (Å²) in [5.41, 5.74) is 0.135. The van der Waals surface area contributed by atoms with Crippen molar-refractivity contribution in [3.8, 4) is 0 Å². The molecular formula is C19H37N5O. The molecule has 0 amide bonds. The molecule has 1 aliphatic carbocycles. The van der Waals surface area contributed by atoms with Gasteiger partial charge >= 0.3 is 0 Å². The lowest BCUT2D eigenvalue weighted by Crippen LogP contribution is -2.53. The van der Waals surface area contributed by atoms with Crippen LogP contribution in [0.3, 0.4) is 0 Å². The van der Waals surface area contributed by atoms with Crippen molar-refractivity contribution in [3.63, 3.8) is 0 Å². The van der Waals surface area contributed by atoms with Crippen LogP contribution in [-0.4, -0.2) is 86.9 Å². The largest absolute Gasteiger partial charge is 0.381 e. The van der Waals surface area contributed by atoms with Gasteiger partial charge in [0.05, 0.1) is 6.54 Å². The lowest BCUT2D eigenvalue weighted by atomic mass is 9.89. The van der Waals surface area contributed by atoms with Gasteiger partial charge in [-0.05, 0) is 59.5 Å². The normalized spacial score (nSPS) is 26.0. The maximum absolute atomic E-state index is 5.57. The van der Waals surface area contributed by atoms with Gasteiger partial charge in [0, 0.05) is 50.5 Å². The fourth-order valence-electron chi connectivity index (χ4n) is 4.09. The van der Waals surface area contributed by atoms with E-state index in [1.807, 2.05) is 0 Å². The molecule has 2 N–H and O–H groups in total. The number of nitrogens with one attached hydrogen (secondary N) is 2. The Morgan fingerprint density at radius 3 is 2.40 bits per heavy atom. The standard InChI is InChI=1S/C19H37N5O/c1-4-20-18(21-15-19(23(2)3)9-13-25-14-10-19)22-16-7-11-24(12-8-16)17-5-6-17/h16-17H,4-15H2,1-3H3,(H2,20,21,22). The van der Waals surface area contributed by atoms with Crippen LogP contribution in [0.25, 0.3) is 0 Å². The van der Waals surface area contributed by atoms with Crippen LogP contribution in [0, 0.1) is 0 Å². The lowest BCUT2D eigenvalue weighted by Gasteiger charge is -2.42. The molecule has 0 bridgehead atoms. The average molecular weight is 352 g/mol. The second kappa shape index (κ2) is 8.69. The molecule has 0 aromatic carbocycles. The minimum Gasteiger partial charge on any atom is -0.381 e. The van der Waals surface area contributed by atoms with Crippen LogP contribution in [0.2, 0.25) is 0 Å². The van der Waals surface area contributed by atoms with E-state index in [4.69, 9.17) is 9.73 Å². The van der Waals surface area contributed by atoms with Crippen LogP contribution in [-0.2, 0) is 4.74 Å². The average Bonchev–Trinajstić information content (AvgIpc) is 3.46. The van der Waals surface area contributed by atoms with Crippen molar-refractivity contribution < 1.29 is 4.74 Å². The summed E-state index contributed by atoms with van der Waals surface area (Å²) in [6.45, 7) is 8.05. The number of likely N-dealkylation sites (tertiary alicyclic amines) is 1. The van der Waals surface area contributed by atoms with E-state index in [0.29, 0.717) is 6.04 Å². The Kier molecular flexibility index (Phi) is 6.58. The molecule has 0 radical (unpaired) electrons. The SMILES string of the molecule is CCNC(=NCC1(N(C)C)CCOCC1)NC1CCN(C2CC2)CC1. The highest BCUT2D eigenvalue weighted by Crippen LogP contribution is 2.29. The molecule has 3 aliphatic rings. The Bertz CT molecular complexity index is 435. The third-order valence-corrected chi connectivity index (χ3v) is 6.18. The van der Waals surface area contributed by atoms with Gasteiger partial charge in [-0.25, -0.2) is 0 Å². The highest BCUT2D eigenvalue weighted by atomic mass is 16.5. The summed E-state index contributed by atoms with van der Waals surface area (Å²) in [6.07, 6.45) is 7.41. The molecule has 2 aliphatic heterocycles. The molecule has 144 valence electrons. The molecule has 0 spiro atoms. The number of hydrogen-bond donors (Lipinski definition) is 2. The van der Waals surface area contributed by atoms with Crippen molar-refractivity contribution in [1.29, 1.82) is 0 Å². The van der Waals surface area contributed by atoms with Gasteiger partial charge in [-0.2, -0.15) is 0 Å². The number of aliphatic imine (C=N–C) groups is 1. The molecule has 6 heteroatoms. The summed E-state index contributed by atoms with van der Waals surface area (Å²) in [6, 6.07) is 1.45. The predicted octanol–water partition coefficient (Wildman–Crippen LogP) is 1.28. The minimum atomic E-state index is 0.135. The van der Waals surface area contributed by atoms with Crippen LogP contribution in [0.4, 0.5) is 0 Å². The van der Waals surface area contributed by atoms with Crippen molar-refractivity contribution >= 4 is 5.96 Å². The van der Waals surface area contributed by atoms with Crippen LogP contribution in [0.1, 0.15) is 45.4 Å². The van der Waals surface area contributed by atoms with Gasteiger partial charge in [0.15, 0.2) is 5.96 Å². The monoisotopic (exact) mass is 351 g/mol. The van der Waals surface area contributed by atoms with E-state index >= 15 is 0 Å². The molecule has 2 saturated heterocycles. The summed E-state index contributed by atoms with van der Waals surface area (Å²) >= 11 is 0. The fraction of sp³-hybridized carbons (Fsp3) is 0.947. The molecule has 0 aromatic heterocycles. The first-order valence-corrected chi connectivity index (χ1v) is 10.2. The Labute approximate surface area is 153 Å². The minimum absolute atomic E-state index is 0.135. The molecular weight excluding hydrogens is 314 g/mol. The van der Waals surface area contributed by atoms with Gasteiger partial charge in [-0.1, -0.05) is 0 Å². The van der Waals surface area contributed by atoms with Gasteiger partial charge in [0.2, 0.25) is 0 Å². The van der Waals surface area contributed by atoms with Gasteiger partial charge in [0.25, 0.3) is 0 Å². The summed E-state index contributed by atoms with van der Waals surface area (Å²) in [5.74, 6) is 0.986. The molecule has 0 atom stereocenters. The Hall–Kier alpha value is -0.850. The zero-order valence-electron chi connectivity index (χ0n) is 16.4. The number of hydrogen-bond acceptors (Lipinski definition) is 4. The first-order valence-electron chi connectivity index (χ1n) is 10.2. The molecule has 3 rings (SSSR count). The van der Waals surface area contributed by atoms with E-state index in [1.165, 1.54) is 38.8 Å². The van der Waals surface area contributed by atoms with Gasteiger partial charge in [-0.3, -0.25) is 4.99 Å². The van der Waals surface area contributed by atoms with E-state index < -0.39 is 0 Å². The summed E-state index contributed by atoms with van der Waals surface area (Å²) in [7, 11) is 4.35. The Morgan fingerprint density at radius 2 is 1.84 bits per heavy atom. The van der Waals surface area contributed by atoms with E-state index in [0.717, 1.165) is 51.1 Å². The zero-order chi connectivity index (χ0) is 17.7. The molecule has 25 heavy (non-hydrogen) atoms. The molecule has 0 aromatic rings. The van der Waals surface area contributed by atoms with Crippen molar-refractivity contribution in [2.45, 2.75) is 63.1 Å². The second-order valence-corrected chi connectivity index (χ2v) is 8.11. The second-order valence-electron chi connectivity index (χ2n) is 8.11. The summed E-state index contributed by atoms with van der Waals surface area (Å²) in [4.78, 5) is 9.99. The zero-order valence-corrected chi connectivity index (χ0v) is 16.4. The highest BCUT2D eigenvalue weighted by Gasteiger charge is 2.35. The molecule has 0 unspecified atom stereocenters. The summed E-state index contributed by atoms with van der Waals surface area (Å²) in [5, 5.41) is 7.14. The smallest absolute Gasteiger partial charge is 0.191 e. The quantitative estimate of drug-likeness (QED) is 0.558. The van der Waals surface area contributed by atoms with E-state index in [9.17, 15) is 0 Å². The van der Waals surface area contributed by atoms with Crippen LogP contribution in [0.15, 0.2) is 4.99 Å². The van der Waals surface area contributed by atoms with Crippen LogP contribution >= 0.6 is 0 Å². The van der Waals surface area contributed by atoms with Gasteiger partial charge in [-0.15, -0.1) is 0 Å². The van der Waals surface area contributed by atoms with Crippen molar-refractivity contribution in [1.82, 2.24) is 20.4 Å². The fourth-order valence-corrected chi connectivity index (χ4v) is 4.09. The van der Waals surface area contributed by atoms with E-state index in [2.05, 4.69) is 41.5 Å². The highest BCUT2D eigenvalue weighted by molar-refractivity contribution is 5.80. The first kappa shape index (κ1) is 18.9. The number of guanidine groups is 1. The maximum atomic E-state index is 5.57. The number of piperidine rings is 1. The third-order valence-electron chi connectivity index (χ3n) is 6.18. The van der Waals surface area contributed by atoms with Crippen LogP contribution < -0.4 is 10.6 Å². The maximum Gasteiger partial charge on any atom is 0.191 e. The third kappa shape index (κ3) is 5.08. The Balaban J connectivity index is 1.54. The molecule has 2 heterocycles. The molecule has 1 saturated carbocycles. The predicted molar refractivity (Wildman–Crippen MR) is 103 cm³/mol. The van der Waals surface area contributed by atoms with E-state index in [-0.39, 0.29) is 5.54 Å². The topological polar surface area (TPSA) is 52.1 Å². The van der Waals surface area contributed by atoms with E-state index in [1.54, 1.807) is 0 Å². The first-order chi connectivity index (χ1) is 12.1. The number of rotatable bonds is 6. The van der Waals surface area contributed by atoms with Crippen molar-refractivity contribution in [2.75, 3.05) is 53.5 Å². The van der Waals surface area contributed by atoms with Crippen LogP contribution in [0.5, 0.6) is 0 Å². The Morgan fingerprint density at radius 1 is 1.16 bits per heavy atom. The van der Waals surface area contributed by atoms with Gasteiger partial charge in [0.1, 0.15) is 0 Å². The number of likely N-dealkylation sites (N-methyl/N-ethyl adjacent to an activating group) is 1. The summed E-state index contributed by atoms with van der Waals surface area (Å²) < 4.78 is 5.57. The van der Waals surface area contributed by atoms with Crippen molar-refractivity contribution in [2.24, 2.45) is 4.99 Å². The molecule has 6 nitrogen and oxygen atoms in total. The van der Waals surface area contributed by atoms with Gasteiger partial charge < -0.3 is 25.2 Å². The number of nitrogens with zero attached hydrogens (tertiary/aromatic N) is 3. The molecule has 3 fully saturated rings. The number of ether oxygens (including phenoxy) is 1. The van der Waals surface area contributed by atoms with Crippen molar-refractivity contribution in [3.05, 3.63) is 0 Å².